The molecule has 28 heavy (non-hydrogen) atoms. The SMILES string of the molecule is CCn1cc(C(=O)N2CCC(c3nc(C)c(-c4ccncn4)s3)CC2)c(C)n1. The van der Waals surface area contributed by atoms with E-state index >= 15 is 0 Å². The summed E-state index contributed by atoms with van der Waals surface area (Å²) in [5, 5.41) is 5.55. The van der Waals surface area contributed by atoms with Gasteiger partial charge in [-0.05, 0) is 39.7 Å². The second-order valence-corrected chi connectivity index (χ2v) is 8.14. The zero-order valence-corrected chi connectivity index (χ0v) is 17.2. The summed E-state index contributed by atoms with van der Waals surface area (Å²) < 4.78 is 1.82. The van der Waals surface area contributed by atoms with Crippen LogP contribution < -0.4 is 0 Å². The van der Waals surface area contributed by atoms with Crippen LogP contribution in [-0.2, 0) is 6.54 Å². The Balaban J connectivity index is 1.44. The first kappa shape index (κ1) is 18.7. The Morgan fingerprint density at radius 3 is 2.68 bits per heavy atom. The van der Waals surface area contributed by atoms with Crippen LogP contribution >= 0.6 is 11.3 Å². The molecule has 1 fully saturated rings. The Hall–Kier alpha value is -2.61. The lowest BCUT2D eigenvalue weighted by Gasteiger charge is -2.31. The summed E-state index contributed by atoms with van der Waals surface area (Å²) in [5.74, 6) is 0.482. The molecule has 146 valence electrons. The maximum absolute atomic E-state index is 12.9. The maximum Gasteiger partial charge on any atom is 0.257 e. The van der Waals surface area contributed by atoms with Gasteiger partial charge in [0.2, 0.25) is 0 Å². The second kappa shape index (κ2) is 7.79. The van der Waals surface area contributed by atoms with E-state index in [1.807, 2.05) is 42.6 Å². The normalized spacial score (nSPS) is 15.2. The van der Waals surface area contributed by atoms with Gasteiger partial charge in [0.1, 0.15) is 6.33 Å². The third kappa shape index (κ3) is 3.56. The highest BCUT2D eigenvalue weighted by atomic mass is 32.1. The van der Waals surface area contributed by atoms with Crippen LogP contribution in [0.2, 0.25) is 0 Å². The lowest BCUT2D eigenvalue weighted by atomic mass is 9.97. The standard InChI is InChI=1S/C20H24N6OS/c1-4-26-11-16(13(2)24-26)20(27)25-9-6-15(7-10-25)19-23-14(3)18(28-19)17-5-8-21-12-22-17/h5,8,11-12,15H,4,6-7,9-10H2,1-3H3. The lowest BCUT2D eigenvalue weighted by molar-refractivity contribution is 0.0712. The van der Waals surface area contributed by atoms with Crippen molar-refractivity contribution in [3.05, 3.63) is 46.7 Å². The van der Waals surface area contributed by atoms with E-state index in [0.717, 1.165) is 65.0 Å². The molecule has 0 radical (unpaired) electrons. The Labute approximate surface area is 168 Å². The van der Waals surface area contributed by atoms with E-state index in [1.54, 1.807) is 23.9 Å². The van der Waals surface area contributed by atoms with Crippen molar-refractivity contribution in [2.75, 3.05) is 13.1 Å². The molecule has 0 spiro atoms. The molecule has 0 N–H and O–H groups in total. The van der Waals surface area contributed by atoms with E-state index in [4.69, 9.17) is 4.98 Å². The van der Waals surface area contributed by atoms with Gasteiger partial charge < -0.3 is 4.90 Å². The zero-order chi connectivity index (χ0) is 19.7. The van der Waals surface area contributed by atoms with Crippen molar-refractivity contribution < 1.29 is 4.79 Å². The van der Waals surface area contributed by atoms with Gasteiger partial charge in [-0.3, -0.25) is 9.48 Å². The first-order valence-corrected chi connectivity index (χ1v) is 10.5. The first-order chi connectivity index (χ1) is 13.6. The van der Waals surface area contributed by atoms with Crippen LogP contribution in [0.1, 0.15) is 52.4 Å². The highest BCUT2D eigenvalue weighted by Gasteiger charge is 2.28. The second-order valence-electron chi connectivity index (χ2n) is 7.11. The van der Waals surface area contributed by atoms with Crippen LogP contribution in [0, 0.1) is 13.8 Å². The fraction of sp³-hybridized carbons (Fsp3) is 0.450. The molecule has 0 saturated carbocycles. The Bertz CT molecular complexity index is 972. The number of amides is 1. The number of hydrogen-bond donors (Lipinski definition) is 0. The van der Waals surface area contributed by atoms with Crippen molar-refractivity contribution in [3.8, 4) is 10.6 Å². The van der Waals surface area contributed by atoms with E-state index in [1.165, 1.54) is 0 Å². The van der Waals surface area contributed by atoms with E-state index in [0.29, 0.717) is 5.92 Å². The molecule has 0 unspecified atom stereocenters. The summed E-state index contributed by atoms with van der Waals surface area (Å²) in [6, 6.07) is 1.92. The van der Waals surface area contributed by atoms with Gasteiger partial charge in [-0.15, -0.1) is 11.3 Å². The smallest absolute Gasteiger partial charge is 0.257 e. The number of aryl methyl sites for hydroxylation is 3. The molecule has 0 bridgehead atoms. The molecule has 0 aromatic carbocycles. The molecule has 3 aromatic rings. The molecule has 1 aliphatic rings. The number of carbonyl (C=O) groups excluding carboxylic acids is 1. The number of likely N-dealkylation sites (tertiary alicyclic amines) is 1. The highest BCUT2D eigenvalue weighted by molar-refractivity contribution is 7.15. The van der Waals surface area contributed by atoms with Gasteiger partial charge in [0, 0.05) is 37.9 Å². The average Bonchev–Trinajstić information content (AvgIpc) is 3.31. The first-order valence-electron chi connectivity index (χ1n) is 9.63. The van der Waals surface area contributed by atoms with Crippen LogP contribution in [0.4, 0.5) is 0 Å². The molecule has 4 heterocycles. The maximum atomic E-state index is 12.9. The largest absolute Gasteiger partial charge is 0.338 e. The molecule has 1 amide bonds. The van der Waals surface area contributed by atoms with Crippen molar-refractivity contribution in [3.63, 3.8) is 0 Å². The highest BCUT2D eigenvalue weighted by Crippen LogP contribution is 2.36. The van der Waals surface area contributed by atoms with Crippen LogP contribution in [0.3, 0.4) is 0 Å². The van der Waals surface area contributed by atoms with Gasteiger partial charge in [0.15, 0.2) is 0 Å². The minimum Gasteiger partial charge on any atom is -0.338 e. The zero-order valence-electron chi connectivity index (χ0n) is 16.4. The molecule has 7 nitrogen and oxygen atoms in total. The molecule has 3 aromatic heterocycles. The average molecular weight is 397 g/mol. The molecule has 1 aliphatic heterocycles. The summed E-state index contributed by atoms with van der Waals surface area (Å²) in [6.07, 6.45) is 7.06. The lowest BCUT2D eigenvalue weighted by Crippen LogP contribution is -2.38. The number of nitrogens with zero attached hydrogens (tertiary/aromatic N) is 6. The van der Waals surface area contributed by atoms with Crippen LogP contribution in [0.25, 0.3) is 10.6 Å². The van der Waals surface area contributed by atoms with Crippen LogP contribution in [-0.4, -0.2) is 48.6 Å². The number of rotatable bonds is 4. The molecule has 1 saturated heterocycles. The molecular formula is C20H24N6OS. The third-order valence-electron chi connectivity index (χ3n) is 5.26. The van der Waals surface area contributed by atoms with Crippen molar-refractivity contribution in [2.24, 2.45) is 0 Å². The summed E-state index contributed by atoms with van der Waals surface area (Å²) in [7, 11) is 0. The number of hydrogen-bond acceptors (Lipinski definition) is 6. The number of thiazole rings is 1. The molecular weight excluding hydrogens is 372 g/mol. The summed E-state index contributed by atoms with van der Waals surface area (Å²) >= 11 is 1.72. The van der Waals surface area contributed by atoms with Gasteiger partial charge in [0.05, 0.1) is 32.5 Å². The Kier molecular flexibility index (Phi) is 5.21. The minimum atomic E-state index is 0.0904. The van der Waals surface area contributed by atoms with E-state index in [2.05, 4.69) is 15.1 Å². The van der Waals surface area contributed by atoms with E-state index in [9.17, 15) is 4.79 Å². The van der Waals surface area contributed by atoms with Crippen LogP contribution in [0.15, 0.2) is 24.8 Å². The predicted molar refractivity (Wildman–Crippen MR) is 108 cm³/mol. The van der Waals surface area contributed by atoms with E-state index < -0.39 is 0 Å². The number of piperidine rings is 1. The summed E-state index contributed by atoms with van der Waals surface area (Å²) in [5.41, 5.74) is 3.46. The predicted octanol–water partition coefficient (Wildman–Crippen LogP) is 3.45. The number of carbonyl (C=O) groups is 1. The van der Waals surface area contributed by atoms with Crippen molar-refractivity contribution in [1.82, 2.24) is 29.6 Å². The fourth-order valence-electron chi connectivity index (χ4n) is 3.64. The minimum absolute atomic E-state index is 0.0904. The molecule has 4 rings (SSSR count). The van der Waals surface area contributed by atoms with Crippen molar-refractivity contribution in [1.29, 1.82) is 0 Å². The van der Waals surface area contributed by atoms with Gasteiger partial charge in [-0.2, -0.15) is 5.10 Å². The topological polar surface area (TPSA) is 76.8 Å². The van der Waals surface area contributed by atoms with Gasteiger partial charge in [0.25, 0.3) is 5.91 Å². The Morgan fingerprint density at radius 2 is 2.04 bits per heavy atom. The molecule has 0 aliphatic carbocycles. The van der Waals surface area contributed by atoms with Gasteiger partial charge >= 0.3 is 0 Å². The van der Waals surface area contributed by atoms with Gasteiger partial charge in [-0.25, -0.2) is 15.0 Å². The summed E-state index contributed by atoms with van der Waals surface area (Å²) in [6.45, 7) is 8.24. The van der Waals surface area contributed by atoms with Crippen LogP contribution in [0.5, 0.6) is 0 Å². The quantitative estimate of drug-likeness (QED) is 0.675. The van der Waals surface area contributed by atoms with Crippen molar-refractivity contribution in [2.45, 2.75) is 46.1 Å². The van der Waals surface area contributed by atoms with Crippen molar-refractivity contribution >= 4 is 17.2 Å². The monoisotopic (exact) mass is 396 g/mol. The van der Waals surface area contributed by atoms with Gasteiger partial charge in [-0.1, -0.05) is 0 Å². The molecule has 0 atom stereocenters. The summed E-state index contributed by atoms with van der Waals surface area (Å²) in [4.78, 5) is 29.1. The molecule has 8 heteroatoms. The Morgan fingerprint density at radius 1 is 1.25 bits per heavy atom. The fourth-order valence-corrected chi connectivity index (χ4v) is 4.86. The third-order valence-corrected chi connectivity index (χ3v) is 6.60. The van der Waals surface area contributed by atoms with E-state index in [-0.39, 0.29) is 5.91 Å². The number of aromatic nitrogens is 5.